The Bertz CT molecular complexity index is 851. The van der Waals surface area contributed by atoms with Crippen LogP contribution in [0.5, 0.6) is 0 Å². The number of amides is 1. The van der Waals surface area contributed by atoms with E-state index in [1.807, 2.05) is 20.8 Å². The molecule has 1 atom stereocenters. The monoisotopic (exact) mass is 353 g/mol. The van der Waals surface area contributed by atoms with Gasteiger partial charge in [-0.25, -0.2) is 14.6 Å². The average Bonchev–Trinajstić information content (AvgIpc) is 3.02. The zero-order chi connectivity index (χ0) is 17.6. The molecule has 3 rings (SSSR count). The minimum atomic E-state index is -0.549. The molecule has 1 unspecified atom stereocenters. The maximum atomic E-state index is 12.6. The lowest BCUT2D eigenvalue weighted by Gasteiger charge is -2.24. The lowest BCUT2D eigenvalue weighted by atomic mass is 10.2. The number of ether oxygens (including phenoxy) is 1. The number of fused-ring (bicyclic) bond motifs is 1. The van der Waals surface area contributed by atoms with Gasteiger partial charge in [0.2, 0.25) is 5.28 Å². The fourth-order valence-electron chi connectivity index (χ4n) is 2.89. The van der Waals surface area contributed by atoms with Gasteiger partial charge in [-0.2, -0.15) is 4.98 Å². The van der Waals surface area contributed by atoms with Crippen LogP contribution < -0.4 is 5.69 Å². The molecule has 0 spiro atoms. The molecule has 1 saturated heterocycles. The highest BCUT2D eigenvalue weighted by molar-refractivity contribution is 6.28. The SMILES string of the molecule is Cn1c(=O)n(C2CCN(C(=O)OC(C)(C)C)C2)c2nc(Cl)ncc21. The highest BCUT2D eigenvalue weighted by atomic mass is 35.5. The van der Waals surface area contributed by atoms with Crippen molar-refractivity contribution in [3.8, 4) is 0 Å². The second kappa shape index (κ2) is 5.77. The highest BCUT2D eigenvalue weighted by Gasteiger charge is 2.33. The first kappa shape index (κ1) is 16.8. The summed E-state index contributed by atoms with van der Waals surface area (Å²) in [7, 11) is 1.67. The molecule has 1 aliphatic heterocycles. The van der Waals surface area contributed by atoms with E-state index in [-0.39, 0.29) is 23.1 Å². The van der Waals surface area contributed by atoms with Crippen LogP contribution >= 0.6 is 11.6 Å². The molecule has 8 nitrogen and oxygen atoms in total. The van der Waals surface area contributed by atoms with Crippen molar-refractivity contribution in [1.29, 1.82) is 0 Å². The predicted octanol–water partition coefficient (Wildman–Crippen LogP) is 1.97. The van der Waals surface area contributed by atoms with Gasteiger partial charge in [0, 0.05) is 20.1 Å². The summed E-state index contributed by atoms with van der Waals surface area (Å²) in [4.78, 5) is 34.5. The number of aryl methyl sites for hydroxylation is 1. The molecule has 1 amide bonds. The number of hydrogen-bond donors (Lipinski definition) is 0. The summed E-state index contributed by atoms with van der Waals surface area (Å²) in [6.45, 7) is 6.41. The van der Waals surface area contributed by atoms with E-state index >= 15 is 0 Å². The van der Waals surface area contributed by atoms with Crippen molar-refractivity contribution >= 4 is 28.9 Å². The van der Waals surface area contributed by atoms with Crippen molar-refractivity contribution in [2.24, 2.45) is 7.05 Å². The third-order valence-electron chi connectivity index (χ3n) is 3.98. The summed E-state index contributed by atoms with van der Waals surface area (Å²) in [5.74, 6) is 0. The van der Waals surface area contributed by atoms with E-state index in [9.17, 15) is 9.59 Å². The van der Waals surface area contributed by atoms with E-state index in [0.717, 1.165) is 0 Å². The Hall–Kier alpha value is -2.09. The summed E-state index contributed by atoms with van der Waals surface area (Å²) in [6, 6.07) is -0.167. The van der Waals surface area contributed by atoms with Crippen LogP contribution in [0.4, 0.5) is 4.79 Å². The molecule has 0 radical (unpaired) electrons. The van der Waals surface area contributed by atoms with Crippen LogP contribution in [0.1, 0.15) is 33.2 Å². The Morgan fingerprint density at radius 1 is 1.42 bits per heavy atom. The zero-order valence-electron chi connectivity index (χ0n) is 14.1. The Morgan fingerprint density at radius 2 is 2.12 bits per heavy atom. The van der Waals surface area contributed by atoms with E-state index in [4.69, 9.17) is 16.3 Å². The number of aromatic nitrogens is 4. The van der Waals surface area contributed by atoms with E-state index in [1.165, 1.54) is 10.8 Å². The quantitative estimate of drug-likeness (QED) is 0.732. The topological polar surface area (TPSA) is 82.2 Å². The van der Waals surface area contributed by atoms with E-state index < -0.39 is 5.60 Å². The second-order valence-electron chi connectivity index (χ2n) is 6.93. The summed E-state index contributed by atoms with van der Waals surface area (Å²) in [6.07, 6.45) is 1.81. The van der Waals surface area contributed by atoms with Gasteiger partial charge < -0.3 is 9.64 Å². The molecular weight excluding hydrogens is 334 g/mol. The Labute approximate surface area is 144 Å². The smallest absolute Gasteiger partial charge is 0.410 e. The zero-order valence-corrected chi connectivity index (χ0v) is 14.9. The van der Waals surface area contributed by atoms with Crippen molar-refractivity contribution in [3.05, 3.63) is 22.0 Å². The first-order chi connectivity index (χ1) is 11.2. The van der Waals surface area contributed by atoms with Gasteiger partial charge in [-0.15, -0.1) is 0 Å². The van der Waals surface area contributed by atoms with E-state index in [1.54, 1.807) is 16.5 Å². The van der Waals surface area contributed by atoms with Crippen LogP contribution in [0.25, 0.3) is 11.2 Å². The maximum absolute atomic E-state index is 12.6. The van der Waals surface area contributed by atoms with Crippen LogP contribution in [-0.2, 0) is 11.8 Å². The highest BCUT2D eigenvalue weighted by Crippen LogP contribution is 2.25. The van der Waals surface area contributed by atoms with Crippen molar-refractivity contribution in [3.63, 3.8) is 0 Å². The van der Waals surface area contributed by atoms with Crippen molar-refractivity contribution in [1.82, 2.24) is 24.0 Å². The number of halogens is 1. The number of rotatable bonds is 1. The Kier molecular flexibility index (Phi) is 4.03. The molecule has 0 bridgehead atoms. The Balaban J connectivity index is 1.90. The number of carbonyl (C=O) groups excluding carboxylic acids is 1. The molecule has 0 aliphatic carbocycles. The van der Waals surface area contributed by atoms with Gasteiger partial charge in [-0.3, -0.25) is 9.13 Å². The molecule has 3 heterocycles. The number of nitrogens with zero attached hydrogens (tertiary/aromatic N) is 5. The third-order valence-corrected chi connectivity index (χ3v) is 4.17. The van der Waals surface area contributed by atoms with Gasteiger partial charge in [0.1, 0.15) is 11.1 Å². The van der Waals surface area contributed by atoms with Crippen LogP contribution in [0.15, 0.2) is 11.0 Å². The van der Waals surface area contributed by atoms with Crippen molar-refractivity contribution in [2.45, 2.75) is 38.8 Å². The number of carbonyl (C=O) groups is 1. The van der Waals surface area contributed by atoms with Gasteiger partial charge in [-0.1, -0.05) is 0 Å². The molecule has 0 aromatic carbocycles. The van der Waals surface area contributed by atoms with Crippen molar-refractivity contribution in [2.75, 3.05) is 13.1 Å². The molecule has 9 heteroatoms. The van der Waals surface area contributed by atoms with Crippen LogP contribution in [-0.4, -0.2) is 48.8 Å². The summed E-state index contributed by atoms with van der Waals surface area (Å²) < 4.78 is 8.47. The molecule has 2 aromatic rings. The molecule has 0 N–H and O–H groups in total. The van der Waals surface area contributed by atoms with Crippen LogP contribution in [0.3, 0.4) is 0 Å². The first-order valence-electron chi connectivity index (χ1n) is 7.75. The Morgan fingerprint density at radius 3 is 2.79 bits per heavy atom. The number of likely N-dealkylation sites (tertiary alicyclic amines) is 1. The standard InChI is InChI=1S/C15H20ClN5O3/c1-15(2,3)24-14(23)20-6-5-9(8-20)21-11-10(19(4)13(21)22)7-17-12(16)18-11/h7,9H,5-6,8H2,1-4H3. The second-order valence-corrected chi connectivity index (χ2v) is 7.27. The molecular formula is C15H20ClN5O3. The first-order valence-corrected chi connectivity index (χ1v) is 8.12. The fourth-order valence-corrected chi connectivity index (χ4v) is 3.02. The van der Waals surface area contributed by atoms with Gasteiger partial charge in [0.25, 0.3) is 0 Å². The minimum absolute atomic E-state index is 0.0869. The summed E-state index contributed by atoms with van der Waals surface area (Å²) in [5, 5.41) is 0.0869. The molecule has 130 valence electrons. The molecule has 2 aromatic heterocycles. The third kappa shape index (κ3) is 2.98. The summed E-state index contributed by atoms with van der Waals surface area (Å²) >= 11 is 5.88. The fraction of sp³-hybridized carbons (Fsp3) is 0.600. The number of hydrogen-bond acceptors (Lipinski definition) is 5. The van der Waals surface area contributed by atoms with Gasteiger partial charge in [-0.05, 0) is 38.8 Å². The minimum Gasteiger partial charge on any atom is -0.444 e. The van der Waals surface area contributed by atoms with Gasteiger partial charge in [0.05, 0.1) is 12.2 Å². The van der Waals surface area contributed by atoms with Crippen molar-refractivity contribution < 1.29 is 9.53 Å². The lowest BCUT2D eigenvalue weighted by Crippen LogP contribution is -2.36. The normalized spacial score (nSPS) is 18.4. The van der Waals surface area contributed by atoms with Gasteiger partial charge in [0.15, 0.2) is 5.65 Å². The van der Waals surface area contributed by atoms with Gasteiger partial charge >= 0.3 is 11.8 Å². The van der Waals surface area contributed by atoms with E-state index in [0.29, 0.717) is 30.7 Å². The van der Waals surface area contributed by atoms with E-state index in [2.05, 4.69) is 9.97 Å². The van der Waals surface area contributed by atoms with Crippen LogP contribution in [0, 0.1) is 0 Å². The molecule has 0 saturated carbocycles. The predicted molar refractivity (Wildman–Crippen MR) is 89.2 cm³/mol. The summed E-state index contributed by atoms with van der Waals surface area (Å²) in [5.41, 5.74) is 0.350. The average molecular weight is 354 g/mol. The maximum Gasteiger partial charge on any atom is 0.410 e. The molecule has 1 aliphatic rings. The molecule has 1 fully saturated rings. The van der Waals surface area contributed by atoms with Crippen LogP contribution in [0.2, 0.25) is 5.28 Å². The largest absolute Gasteiger partial charge is 0.444 e. The number of imidazole rings is 1. The lowest BCUT2D eigenvalue weighted by molar-refractivity contribution is 0.0289. The molecule has 24 heavy (non-hydrogen) atoms.